The molecule has 4 aliphatic rings. The molecule has 1 aromatic rings. The first-order valence-corrected chi connectivity index (χ1v) is 10.3. The Labute approximate surface area is 163 Å². The number of hydrogen-bond donors (Lipinski definition) is 2. The maximum absolute atomic E-state index is 10.6. The molecule has 0 heterocycles. The highest BCUT2D eigenvalue weighted by Crippen LogP contribution is 2.66. The van der Waals surface area contributed by atoms with Gasteiger partial charge in [-0.05, 0) is 78.8 Å². The topological polar surface area (TPSA) is 40.5 Å². The van der Waals surface area contributed by atoms with Crippen molar-refractivity contribution in [3.05, 3.63) is 71.0 Å². The number of aliphatic hydroxyl groups excluding tert-OH is 2. The molecule has 1 aromatic carbocycles. The van der Waals surface area contributed by atoms with Gasteiger partial charge in [0.1, 0.15) is 5.76 Å². The lowest BCUT2D eigenvalue weighted by atomic mass is 9.42. The lowest BCUT2D eigenvalue weighted by molar-refractivity contribution is 0.146. The minimum Gasteiger partial charge on any atom is -0.508 e. The molecule has 2 nitrogen and oxygen atoms in total. The van der Waals surface area contributed by atoms with E-state index in [-0.39, 0.29) is 22.8 Å². The third-order valence-electron chi connectivity index (χ3n) is 7.68. The first kappa shape index (κ1) is 17.4. The second-order valence-electron chi connectivity index (χ2n) is 9.18. The van der Waals surface area contributed by atoms with E-state index in [4.69, 9.17) is 7.85 Å². The number of fused-ring (bicyclic) bond motifs is 4. The summed E-state index contributed by atoms with van der Waals surface area (Å²) in [5.74, 6) is 0.968. The smallest absolute Gasteiger partial charge is 0.111 e. The van der Waals surface area contributed by atoms with E-state index in [1.165, 1.54) is 16.7 Å². The normalized spacial score (nSPS) is 40.2. The van der Waals surface area contributed by atoms with Crippen LogP contribution in [0.4, 0.5) is 0 Å². The fourth-order valence-corrected chi connectivity index (χ4v) is 6.53. The molecule has 0 aliphatic heterocycles. The van der Waals surface area contributed by atoms with Crippen LogP contribution in [0.15, 0.2) is 65.5 Å². The van der Waals surface area contributed by atoms with Crippen LogP contribution in [-0.2, 0) is 6.42 Å². The Hall–Kier alpha value is -1.74. The second-order valence-corrected chi connectivity index (χ2v) is 9.18. The van der Waals surface area contributed by atoms with Crippen molar-refractivity contribution in [1.82, 2.24) is 0 Å². The average molecular weight is 358 g/mol. The summed E-state index contributed by atoms with van der Waals surface area (Å²) in [6, 6.07) is 10.7. The van der Waals surface area contributed by atoms with E-state index >= 15 is 0 Å². The number of allylic oxidation sites excluding steroid dienone is 4. The van der Waals surface area contributed by atoms with Gasteiger partial charge < -0.3 is 10.2 Å². The quantitative estimate of drug-likeness (QED) is 0.588. The van der Waals surface area contributed by atoms with Gasteiger partial charge in [-0.25, -0.2) is 0 Å². The molecule has 3 unspecified atom stereocenters. The van der Waals surface area contributed by atoms with Crippen molar-refractivity contribution >= 4 is 7.85 Å². The lowest BCUT2D eigenvalue weighted by Crippen LogP contribution is -2.42. The van der Waals surface area contributed by atoms with Crippen LogP contribution in [0.25, 0.3) is 0 Å². The van der Waals surface area contributed by atoms with Crippen molar-refractivity contribution < 1.29 is 10.2 Å². The van der Waals surface area contributed by atoms with Gasteiger partial charge in [-0.1, -0.05) is 54.0 Å². The number of aliphatic hydroxyl groups is 2. The molecule has 0 amide bonds. The lowest BCUT2D eigenvalue weighted by Gasteiger charge is -2.54. The van der Waals surface area contributed by atoms with Crippen LogP contribution in [-0.4, -0.2) is 24.2 Å². The predicted octanol–water partition coefficient (Wildman–Crippen LogP) is 4.83. The molecule has 2 fully saturated rings. The van der Waals surface area contributed by atoms with E-state index < -0.39 is 0 Å². The molecule has 2 radical (unpaired) electrons. The van der Waals surface area contributed by atoms with E-state index in [2.05, 4.69) is 36.4 Å². The summed E-state index contributed by atoms with van der Waals surface area (Å²) in [5.41, 5.74) is 4.30. The molecule has 0 saturated heterocycles. The molecule has 4 aliphatic carbocycles. The summed E-state index contributed by atoms with van der Waals surface area (Å²) in [5, 5.41) is 20.2. The Morgan fingerprint density at radius 3 is 2.74 bits per heavy atom. The highest BCUT2D eigenvalue weighted by molar-refractivity contribution is 6.18. The van der Waals surface area contributed by atoms with Crippen LogP contribution in [0.1, 0.15) is 44.1 Å². The fourth-order valence-electron chi connectivity index (χ4n) is 6.53. The first-order chi connectivity index (χ1) is 13.0. The van der Waals surface area contributed by atoms with Gasteiger partial charge in [0.15, 0.2) is 0 Å². The molecule has 2 saturated carbocycles. The van der Waals surface area contributed by atoms with Gasteiger partial charge in [-0.15, -0.1) is 0 Å². The van der Waals surface area contributed by atoms with Gasteiger partial charge in [0.05, 0.1) is 14.0 Å². The molecule has 3 heteroatoms. The van der Waals surface area contributed by atoms with Crippen molar-refractivity contribution in [3.63, 3.8) is 0 Å². The summed E-state index contributed by atoms with van der Waals surface area (Å²) in [7, 11) is 7.12. The van der Waals surface area contributed by atoms with Crippen LogP contribution in [0, 0.1) is 17.3 Å². The van der Waals surface area contributed by atoms with Crippen LogP contribution in [0.3, 0.4) is 0 Å². The summed E-state index contributed by atoms with van der Waals surface area (Å²) in [6.07, 6.45) is 12.4. The van der Waals surface area contributed by atoms with Crippen LogP contribution < -0.4 is 0 Å². The monoisotopic (exact) mass is 358 g/mol. The molecule has 0 bridgehead atoms. The van der Waals surface area contributed by atoms with Crippen molar-refractivity contribution in [1.29, 1.82) is 0 Å². The minimum absolute atomic E-state index is 0.0716. The maximum Gasteiger partial charge on any atom is 0.111 e. The first-order valence-electron chi connectivity index (χ1n) is 10.3. The SMILES string of the molecule is [B][C@]12CCC3(Cc4ccccc4)C[C@H](O)CC3=C1CCC1C=C(O)C=CC12. The maximum atomic E-state index is 10.6. The highest BCUT2D eigenvalue weighted by Gasteiger charge is 2.54. The zero-order valence-corrected chi connectivity index (χ0v) is 15.8. The van der Waals surface area contributed by atoms with Crippen LogP contribution in [0.5, 0.6) is 0 Å². The van der Waals surface area contributed by atoms with Crippen LogP contribution in [0.2, 0.25) is 5.31 Å². The standard InChI is InChI=1S/C24H27BO2/c25-24-11-10-23(14-16-4-2-1-3-5-16)15-19(27)13-22(23)21(24)8-6-17-12-18(26)7-9-20(17)24/h1-5,7,9,12,17,19-20,26-27H,6,8,10-11,13-15H2/t17?,19-,20?,23?,24+/m1/s1. The Morgan fingerprint density at radius 1 is 1.11 bits per heavy atom. The van der Waals surface area contributed by atoms with E-state index in [9.17, 15) is 10.2 Å². The zero-order valence-electron chi connectivity index (χ0n) is 15.8. The Morgan fingerprint density at radius 2 is 1.93 bits per heavy atom. The Bertz CT molecular complexity index is 839. The summed E-state index contributed by atoms with van der Waals surface area (Å²) < 4.78 is 0. The molecule has 5 rings (SSSR count). The molecule has 2 N–H and O–H groups in total. The molecule has 138 valence electrons. The summed E-state index contributed by atoms with van der Waals surface area (Å²) in [4.78, 5) is 0. The van der Waals surface area contributed by atoms with Gasteiger partial charge in [0.25, 0.3) is 0 Å². The summed E-state index contributed by atoms with van der Waals surface area (Å²) >= 11 is 0. The molecular formula is C24H27BO2. The Kier molecular flexibility index (Phi) is 3.95. The fraction of sp³-hybridized carbons (Fsp3) is 0.500. The largest absolute Gasteiger partial charge is 0.508 e. The van der Waals surface area contributed by atoms with Crippen molar-refractivity contribution in [3.8, 4) is 0 Å². The molecule has 0 aromatic heterocycles. The van der Waals surface area contributed by atoms with Crippen molar-refractivity contribution in [2.24, 2.45) is 17.3 Å². The second kappa shape index (κ2) is 6.14. The highest BCUT2D eigenvalue weighted by atomic mass is 16.3. The third kappa shape index (κ3) is 2.66. The summed E-state index contributed by atoms with van der Waals surface area (Å²) in [6.45, 7) is 0. The average Bonchev–Trinajstić information content (AvgIpc) is 2.98. The zero-order chi connectivity index (χ0) is 18.6. The van der Waals surface area contributed by atoms with Gasteiger partial charge in [-0.2, -0.15) is 0 Å². The van der Waals surface area contributed by atoms with E-state index in [0.29, 0.717) is 11.7 Å². The van der Waals surface area contributed by atoms with Gasteiger partial charge in [0, 0.05) is 0 Å². The van der Waals surface area contributed by atoms with E-state index in [1.807, 2.05) is 12.2 Å². The minimum atomic E-state index is -0.323. The molecule has 27 heavy (non-hydrogen) atoms. The third-order valence-corrected chi connectivity index (χ3v) is 7.68. The number of benzene rings is 1. The number of rotatable bonds is 2. The predicted molar refractivity (Wildman–Crippen MR) is 109 cm³/mol. The van der Waals surface area contributed by atoms with Crippen molar-refractivity contribution in [2.75, 3.05) is 0 Å². The molecule has 5 atom stereocenters. The van der Waals surface area contributed by atoms with Gasteiger partial charge in [0.2, 0.25) is 0 Å². The van der Waals surface area contributed by atoms with Crippen LogP contribution >= 0.6 is 0 Å². The van der Waals surface area contributed by atoms with E-state index in [0.717, 1.165) is 44.9 Å². The number of hydrogen-bond acceptors (Lipinski definition) is 2. The van der Waals surface area contributed by atoms with Gasteiger partial charge in [-0.3, -0.25) is 0 Å². The Balaban J connectivity index is 1.57. The van der Waals surface area contributed by atoms with Gasteiger partial charge >= 0.3 is 0 Å². The van der Waals surface area contributed by atoms with E-state index in [1.54, 1.807) is 0 Å². The molecular weight excluding hydrogens is 331 g/mol. The van der Waals surface area contributed by atoms with Crippen molar-refractivity contribution in [2.45, 2.75) is 56.4 Å². The molecule has 0 spiro atoms.